The van der Waals surface area contributed by atoms with Crippen LogP contribution in [0.15, 0.2) is 4.99 Å². The van der Waals surface area contributed by atoms with Crippen LogP contribution in [-0.2, 0) is 4.79 Å². The molecule has 3 rings (SSSR count). The summed E-state index contributed by atoms with van der Waals surface area (Å²) in [5, 5.41) is 3.54. The number of rotatable bonds is 7. The summed E-state index contributed by atoms with van der Waals surface area (Å²) < 4.78 is 0. The van der Waals surface area contributed by atoms with Crippen molar-refractivity contribution in [1.29, 1.82) is 0 Å². The molecule has 1 N–H and O–H groups in total. The fourth-order valence-corrected chi connectivity index (χ4v) is 4.36. The van der Waals surface area contributed by atoms with Gasteiger partial charge in [0.15, 0.2) is 5.96 Å². The lowest BCUT2D eigenvalue weighted by atomic mass is 10.2. The van der Waals surface area contributed by atoms with E-state index in [0.717, 1.165) is 83.7 Å². The highest BCUT2D eigenvalue weighted by atomic mass is 127. The quantitative estimate of drug-likeness (QED) is 0.321. The lowest BCUT2D eigenvalue weighted by molar-refractivity contribution is -0.135. The summed E-state index contributed by atoms with van der Waals surface area (Å²) in [4.78, 5) is 26.4. The summed E-state index contributed by atoms with van der Waals surface area (Å²) >= 11 is 0. The minimum atomic E-state index is -0.00289. The van der Waals surface area contributed by atoms with Crippen molar-refractivity contribution in [3.05, 3.63) is 0 Å². The molecule has 1 atom stereocenters. The molecule has 0 aromatic rings. The number of carbonyl (C=O) groups is 1. The van der Waals surface area contributed by atoms with Crippen molar-refractivity contribution in [2.24, 2.45) is 4.99 Å². The molecular weight excluding hydrogens is 467 g/mol. The maximum absolute atomic E-state index is 12.6. The second-order valence-corrected chi connectivity index (χ2v) is 8.07. The number of carbonyl (C=O) groups excluding carboxylic acids is 1. The van der Waals surface area contributed by atoms with Gasteiger partial charge in [-0.15, -0.1) is 24.0 Å². The van der Waals surface area contributed by atoms with E-state index in [-0.39, 0.29) is 30.0 Å². The Morgan fingerprint density at radius 2 is 1.75 bits per heavy atom. The van der Waals surface area contributed by atoms with Crippen molar-refractivity contribution in [3.63, 3.8) is 0 Å². The van der Waals surface area contributed by atoms with Crippen LogP contribution in [0, 0.1) is 0 Å². The molecule has 0 aromatic carbocycles. The molecule has 7 nitrogen and oxygen atoms in total. The number of hydrogen-bond donors (Lipinski definition) is 1. The van der Waals surface area contributed by atoms with E-state index in [9.17, 15) is 4.79 Å². The average Bonchev–Trinajstić information content (AvgIpc) is 3.40. The Balaban J connectivity index is 0.00000280. The molecule has 0 bridgehead atoms. The molecule has 0 spiro atoms. The van der Waals surface area contributed by atoms with Gasteiger partial charge in [-0.2, -0.15) is 0 Å². The van der Waals surface area contributed by atoms with Gasteiger partial charge in [0.1, 0.15) is 0 Å². The highest BCUT2D eigenvalue weighted by molar-refractivity contribution is 14.0. The van der Waals surface area contributed by atoms with Crippen molar-refractivity contribution in [2.45, 2.75) is 51.6 Å². The zero-order valence-electron chi connectivity index (χ0n) is 17.9. The highest BCUT2D eigenvalue weighted by Gasteiger charge is 2.31. The van der Waals surface area contributed by atoms with E-state index in [1.54, 1.807) is 0 Å². The fourth-order valence-electron chi connectivity index (χ4n) is 4.36. The average molecular weight is 506 g/mol. The third kappa shape index (κ3) is 6.19. The summed E-state index contributed by atoms with van der Waals surface area (Å²) in [5.74, 6) is 1.31. The number of likely N-dealkylation sites (tertiary alicyclic amines) is 1. The van der Waals surface area contributed by atoms with E-state index >= 15 is 0 Å². The molecule has 3 fully saturated rings. The molecule has 1 unspecified atom stereocenters. The van der Waals surface area contributed by atoms with E-state index < -0.39 is 0 Å². The number of likely N-dealkylation sites (N-methyl/N-ethyl adjacent to an activating group) is 1. The lowest BCUT2D eigenvalue weighted by Gasteiger charge is -2.39. The normalized spacial score (nSPS) is 22.4. The molecule has 1 amide bonds. The van der Waals surface area contributed by atoms with Gasteiger partial charge in [-0.1, -0.05) is 6.92 Å². The van der Waals surface area contributed by atoms with Gasteiger partial charge in [-0.3, -0.25) is 19.6 Å². The van der Waals surface area contributed by atoms with Crippen LogP contribution >= 0.6 is 24.0 Å². The summed E-state index contributed by atoms with van der Waals surface area (Å²) in [6, 6.07) is 0.814. The summed E-state index contributed by atoms with van der Waals surface area (Å²) in [6.45, 7) is 13.1. The Kier molecular flexibility index (Phi) is 9.76. The monoisotopic (exact) mass is 506 g/mol. The lowest BCUT2D eigenvalue weighted by Crippen LogP contribution is -2.57. The van der Waals surface area contributed by atoms with Crippen molar-refractivity contribution in [1.82, 2.24) is 24.9 Å². The molecule has 0 radical (unpaired) electrons. The van der Waals surface area contributed by atoms with Crippen LogP contribution in [0.3, 0.4) is 0 Å². The number of nitrogens with one attached hydrogen (secondary N) is 1. The number of piperazine rings is 1. The zero-order valence-corrected chi connectivity index (χ0v) is 20.2. The van der Waals surface area contributed by atoms with Gasteiger partial charge in [0, 0.05) is 65.4 Å². The second-order valence-electron chi connectivity index (χ2n) is 8.07. The minimum absolute atomic E-state index is 0. The van der Waals surface area contributed by atoms with E-state index in [2.05, 4.69) is 38.9 Å². The number of halogens is 1. The molecule has 1 saturated carbocycles. The maximum Gasteiger partial charge on any atom is 0.239 e. The smallest absolute Gasteiger partial charge is 0.239 e. The summed E-state index contributed by atoms with van der Waals surface area (Å²) in [5.41, 5.74) is 0. The number of hydrogen-bond acceptors (Lipinski definition) is 4. The number of nitrogens with zero attached hydrogens (tertiary/aromatic N) is 5. The highest BCUT2D eigenvalue weighted by Crippen LogP contribution is 2.25. The van der Waals surface area contributed by atoms with E-state index in [1.165, 1.54) is 12.8 Å². The van der Waals surface area contributed by atoms with Crippen LogP contribution in [0.2, 0.25) is 0 Å². The molecule has 0 aromatic heterocycles. The van der Waals surface area contributed by atoms with Gasteiger partial charge in [-0.25, -0.2) is 0 Å². The number of aliphatic imine (C=N–C) groups is 1. The Morgan fingerprint density at radius 3 is 2.29 bits per heavy atom. The Morgan fingerprint density at radius 1 is 1.11 bits per heavy atom. The SMILES string of the molecule is CCN(CCNC(=NC)N1CCN(C(C)C(=O)N2CCCC2)CC1)C1CC1.I. The van der Waals surface area contributed by atoms with Gasteiger partial charge in [-0.05, 0) is 39.2 Å². The Bertz CT molecular complexity index is 513. The fraction of sp³-hybridized carbons (Fsp3) is 0.900. The van der Waals surface area contributed by atoms with Crippen LogP contribution in [0.25, 0.3) is 0 Å². The minimum Gasteiger partial charge on any atom is -0.355 e. The van der Waals surface area contributed by atoms with Crippen molar-refractivity contribution in [2.75, 3.05) is 66.0 Å². The van der Waals surface area contributed by atoms with Gasteiger partial charge >= 0.3 is 0 Å². The van der Waals surface area contributed by atoms with Crippen molar-refractivity contribution in [3.8, 4) is 0 Å². The largest absolute Gasteiger partial charge is 0.355 e. The molecule has 28 heavy (non-hydrogen) atoms. The summed E-state index contributed by atoms with van der Waals surface area (Å²) in [6.07, 6.45) is 5.03. The first-order valence-electron chi connectivity index (χ1n) is 10.9. The van der Waals surface area contributed by atoms with Crippen LogP contribution in [-0.4, -0.2) is 110 Å². The van der Waals surface area contributed by atoms with Gasteiger partial charge < -0.3 is 15.1 Å². The van der Waals surface area contributed by atoms with Crippen molar-refractivity contribution >= 4 is 35.8 Å². The van der Waals surface area contributed by atoms with E-state index in [0.29, 0.717) is 5.91 Å². The molecular formula is C20H39IN6O. The standard InChI is InChI=1S/C20H38N6O.HI/c1-4-23(18-7-8-18)12-9-22-20(21-3)26-15-13-24(14-16-26)17(2)19(27)25-10-5-6-11-25;/h17-18H,4-16H2,1-3H3,(H,21,22);1H. The predicted molar refractivity (Wildman–Crippen MR) is 125 cm³/mol. The zero-order chi connectivity index (χ0) is 19.2. The summed E-state index contributed by atoms with van der Waals surface area (Å²) in [7, 11) is 1.87. The topological polar surface area (TPSA) is 54.4 Å². The Hall–Kier alpha value is -0.610. The third-order valence-corrected chi connectivity index (χ3v) is 6.30. The van der Waals surface area contributed by atoms with Crippen LogP contribution in [0.4, 0.5) is 0 Å². The van der Waals surface area contributed by atoms with Crippen LogP contribution in [0.5, 0.6) is 0 Å². The number of guanidine groups is 1. The van der Waals surface area contributed by atoms with Crippen LogP contribution < -0.4 is 5.32 Å². The molecule has 162 valence electrons. The predicted octanol–water partition coefficient (Wildman–Crippen LogP) is 1.29. The molecule has 2 saturated heterocycles. The van der Waals surface area contributed by atoms with E-state index in [1.807, 2.05) is 11.9 Å². The van der Waals surface area contributed by atoms with Gasteiger partial charge in [0.25, 0.3) is 0 Å². The maximum atomic E-state index is 12.6. The van der Waals surface area contributed by atoms with Gasteiger partial charge in [0.05, 0.1) is 6.04 Å². The first-order chi connectivity index (χ1) is 13.1. The Labute approximate surface area is 187 Å². The van der Waals surface area contributed by atoms with Crippen LogP contribution in [0.1, 0.15) is 39.5 Å². The van der Waals surface area contributed by atoms with Crippen molar-refractivity contribution < 1.29 is 4.79 Å². The first-order valence-corrected chi connectivity index (χ1v) is 10.9. The van der Waals surface area contributed by atoms with Gasteiger partial charge in [0.2, 0.25) is 5.91 Å². The van der Waals surface area contributed by atoms with E-state index in [4.69, 9.17) is 0 Å². The second kappa shape index (κ2) is 11.5. The molecule has 2 aliphatic heterocycles. The molecule has 8 heteroatoms. The molecule has 3 aliphatic rings. The molecule has 1 aliphatic carbocycles. The number of amides is 1. The third-order valence-electron chi connectivity index (χ3n) is 6.30. The first kappa shape index (κ1) is 23.7. The molecule has 2 heterocycles.